The van der Waals surface area contributed by atoms with Gasteiger partial charge in [-0.05, 0) is 16.0 Å². The van der Waals surface area contributed by atoms with E-state index in [1.54, 1.807) is 6.07 Å². The zero-order chi connectivity index (χ0) is 14.3. The van der Waals surface area contributed by atoms with Gasteiger partial charge in [-0.1, -0.05) is 0 Å². The van der Waals surface area contributed by atoms with Crippen molar-refractivity contribution in [2.24, 2.45) is 11.8 Å². The molecule has 0 aliphatic carbocycles. The molecule has 1 N–H and O–H groups in total. The number of nitro groups is 1. The molecule has 3 rings (SSSR count). The maximum absolute atomic E-state index is 14.0. The topological polar surface area (TPSA) is 71.3 Å². The van der Waals surface area contributed by atoms with Crippen LogP contribution in [0.4, 0.5) is 20.3 Å². The number of hydrogen-bond donors (Lipinski definition) is 1. The van der Waals surface area contributed by atoms with E-state index >= 15 is 0 Å². The molecule has 2 aliphatic rings. The van der Waals surface area contributed by atoms with E-state index in [9.17, 15) is 18.9 Å². The van der Waals surface area contributed by atoms with Gasteiger partial charge in [0.2, 0.25) is 0 Å². The maximum Gasteiger partial charge on any atom is 0.363 e. The molecule has 0 radical (unpaired) electrons. The van der Waals surface area contributed by atoms with Crippen molar-refractivity contribution >= 4 is 11.5 Å². The minimum atomic E-state index is -2.64. The molecule has 2 fully saturated rings. The van der Waals surface area contributed by atoms with Crippen LogP contribution in [0.25, 0.3) is 0 Å². The van der Waals surface area contributed by atoms with Crippen LogP contribution in [0, 0.1) is 22.0 Å². The van der Waals surface area contributed by atoms with E-state index in [-0.39, 0.29) is 18.9 Å². The summed E-state index contributed by atoms with van der Waals surface area (Å²) in [6.07, 6.45) is 1.38. The molecule has 20 heavy (non-hydrogen) atoms. The van der Waals surface area contributed by atoms with E-state index in [0.717, 1.165) is 0 Å². The van der Waals surface area contributed by atoms with E-state index < -0.39 is 22.7 Å². The van der Waals surface area contributed by atoms with Gasteiger partial charge in [-0.25, -0.2) is 8.78 Å². The Morgan fingerprint density at radius 1 is 1.35 bits per heavy atom. The first kappa shape index (κ1) is 13.2. The Bertz CT molecular complexity index is 507. The van der Waals surface area contributed by atoms with Crippen LogP contribution in [0.3, 0.4) is 0 Å². The Morgan fingerprint density at radius 2 is 2.00 bits per heavy atom. The molecule has 2 bridgehead atoms. The summed E-state index contributed by atoms with van der Waals surface area (Å²) in [4.78, 5) is 15.6. The smallest absolute Gasteiger partial charge is 0.363 e. The van der Waals surface area contributed by atoms with E-state index in [0.29, 0.717) is 18.8 Å². The lowest BCUT2D eigenvalue weighted by atomic mass is 9.81. The van der Waals surface area contributed by atoms with Crippen molar-refractivity contribution in [2.75, 3.05) is 31.1 Å². The SMILES string of the molecule is O=[N+]([O-])c1ccc(N2CC3CNCC(C2)C3(F)F)cn1. The van der Waals surface area contributed by atoms with Crippen molar-refractivity contribution in [2.45, 2.75) is 5.92 Å². The fourth-order valence-corrected chi connectivity index (χ4v) is 2.90. The highest BCUT2D eigenvalue weighted by Crippen LogP contribution is 2.41. The van der Waals surface area contributed by atoms with Crippen LogP contribution in [-0.2, 0) is 0 Å². The lowest BCUT2D eigenvalue weighted by molar-refractivity contribution is -0.389. The quantitative estimate of drug-likeness (QED) is 0.654. The van der Waals surface area contributed by atoms with Crippen LogP contribution in [-0.4, -0.2) is 42.0 Å². The van der Waals surface area contributed by atoms with Gasteiger partial charge >= 0.3 is 5.82 Å². The molecule has 2 atom stereocenters. The second-order valence-corrected chi connectivity index (χ2v) is 5.26. The highest BCUT2D eigenvalue weighted by molar-refractivity contribution is 5.47. The molecule has 108 valence electrons. The molecule has 0 aromatic carbocycles. The Hall–Kier alpha value is -1.83. The second-order valence-electron chi connectivity index (χ2n) is 5.26. The summed E-state index contributed by atoms with van der Waals surface area (Å²) in [6, 6.07) is 2.87. The second kappa shape index (κ2) is 4.62. The molecule has 6 nitrogen and oxygen atoms in total. The normalized spacial score (nSPS) is 28.2. The van der Waals surface area contributed by atoms with Gasteiger partial charge in [0.25, 0.3) is 5.92 Å². The van der Waals surface area contributed by atoms with Crippen molar-refractivity contribution in [3.63, 3.8) is 0 Å². The van der Waals surface area contributed by atoms with Crippen LogP contribution in [0.15, 0.2) is 18.3 Å². The van der Waals surface area contributed by atoms with Gasteiger partial charge in [-0.15, -0.1) is 0 Å². The zero-order valence-electron chi connectivity index (χ0n) is 10.6. The standard InChI is InChI=1S/C12H14F2N4O2/c13-12(14)8-3-15-4-9(12)7-17(6-8)10-1-2-11(16-5-10)18(19)20/h1-2,5,8-9,15H,3-4,6-7H2. The largest absolute Gasteiger partial charge is 0.367 e. The third kappa shape index (κ3) is 2.09. The van der Waals surface area contributed by atoms with Crippen LogP contribution in [0.1, 0.15) is 0 Å². The lowest BCUT2D eigenvalue weighted by Crippen LogP contribution is -2.62. The first-order chi connectivity index (χ1) is 9.48. The third-order valence-corrected chi connectivity index (χ3v) is 4.04. The number of fused-ring (bicyclic) bond motifs is 2. The van der Waals surface area contributed by atoms with Gasteiger partial charge in [0.1, 0.15) is 0 Å². The predicted molar refractivity (Wildman–Crippen MR) is 67.9 cm³/mol. The fourth-order valence-electron chi connectivity index (χ4n) is 2.90. The molecular weight excluding hydrogens is 270 g/mol. The first-order valence-corrected chi connectivity index (χ1v) is 6.42. The molecule has 1 aromatic rings. The number of anilines is 1. The van der Waals surface area contributed by atoms with Crippen molar-refractivity contribution in [3.05, 3.63) is 28.4 Å². The number of rotatable bonds is 2. The van der Waals surface area contributed by atoms with Gasteiger partial charge in [-0.3, -0.25) is 0 Å². The summed E-state index contributed by atoms with van der Waals surface area (Å²) < 4.78 is 28.0. The van der Waals surface area contributed by atoms with E-state index in [4.69, 9.17) is 0 Å². The van der Waals surface area contributed by atoms with Gasteiger partial charge in [0.05, 0.1) is 17.5 Å². The van der Waals surface area contributed by atoms with Crippen molar-refractivity contribution in [1.29, 1.82) is 0 Å². The molecule has 1 aromatic heterocycles. The molecule has 0 spiro atoms. The van der Waals surface area contributed by atoms with E-state index in [2.05, 4.69) is 10.3 Å². The van der Waals surface area contributed by atoms with Crippen molar-refractivity contribution in [3.8, 4) is 0 Å². The summed E-state index contributed by atoms with van der Waals surface area (Å²) in [5, 5.41) is 13.6. The Balaban J connectivity index is 1.80. The summed E-state index contributed by atoms with van der Waals surface area (Å²) in [5.74, 6) is -4.34. The molecule has 2 aliphatic heterocycles. The Kier molecular flexibility index (Phi) is 3.04. The minimum Gasteiger partial charge on any atom is -0.367 e. The van der Waals surface area contributed by atoms with Crippen molar-refractivity contribution < 1.29 is 13.7 Å². The monoisotopic (exact) mass is 284 g/mol. The molecule has 8 heteroatoms. The maximum atomic E-state index is 14.0. The number of aromatic nitrogens is 1. The molecule has 3 heterocycles. The molecular formula is C12H14F2N4O2. The molecule has 2 unspecified atom stereocenters. The highest BCUT2D eigenvalue weighted by Gasteiger charge is 2.53. The first-order valence-electron chi connectivity index (χ1n) is 6.42. The minimum absolute atomic E-state index is 0.232. The van der Waals surface area contributed by atoms with Crippen LogP contribution in [0.2, 0.25) is 0 Å². The van der Waals surface area contributed by atoms with E-state index in [1.807, 2.05) is 4.90 Å². The number of hydrogen-bond acceptors (Lipinski definition) is 5. The summed E-state index contributed by atoms with van der Waals surface area (Å²) in [6.45, 7) is 1.05. The summed E-state index contributed by atoms with van der Waals surface area (Å²) in [7, 11) is 0. The van der Waals surface area contributed by atoms with Gasteiger partial charge in [0.15, 0.2) is 6.20 Å². The van der Waals surface area contributed by atoms with Gasteiger partial charge in [0, 0.05) is 32.2 Å². The average Bonchev–Trinajstić information content (AvgIpc) is 2.37. The number of piperidine rings is 2. The Labute approximate surface area is 113 Å². The van der Waals surface area contributed by atoms with Crippen LogP contribution < -0.4 is 10.2 Å². The predicted octanol–water partition coefficient (Wildman–Crippen LogP) is 1.28. The summed E-state index contributed by atoms with van der Waals surface area (Å²) in [5.41, 5.74) is 0.656. The Morgan fingerprint density at radius 3 is 2.50 bits per heavy atom. The van der Waals surface area contributed by atoms with Crippen LogP contribution >= 0.6 is 0 Å². The van der Waals surface area contributed by atoms with Crippen LogP contribution in [0.5, 0.6) is 0 Å². The number of nitrogens with zero attached hydrogens (tertiary/aromatic N) is 3. The average molecular weight is 284 g/mol. The zero-order valence-corrected chi connectivity index (χ0v) is 10.6. The number of halogens is 2. The number of pyridine rings is 1. The molecule has 0 amide bonds. The number of nitrogens with one attached hydrogen (secondary N) is 1. The fraction of sp³-hybridized carbons (Fsp3) is 0.583. The summed E-state index contributed by atoms with van der Waals surface area (Å²) >= 11 is 0. The highest BCUT2D eigenvalue weighted by atomic mass is 19.3. The van der Waals surface area contributed by atoms with Gasteiger partial charge < -0.3 is 20.3 Å². The molecule has 0 saturated carbocycles. The number of alkyl halides is 2. The molecule has 2 saturated heterocycles. The lowest BCUT2D eigenvalue weighted by Gasteiger charge is -2.47. The van der Waals surface area contributed by atoms with E-state index in [1.165, 1.54) is 12.3 Å². The third-order valence-electron chi connectivity index (χ3n) is 4.04. The van der Waals surface area contributed by atoms with Gasteiger partial charge in [-0.2, -0.15) is 0 Å². The van der Waals surface area contributed by atoms with Crippen molar-refractivity contribution in [1.82, 2.24) is 10.3 Å².